The van der Waals surface area contributed by atoms with Crippen LogP contribution in [0.15, 0.2) is 18.2 Å². The van der Waals surface area contributed by atoms with Gasteiger partial charge < -0.3 is 9.68 Å². The van der Waals surface area contributed by atoms with Crippen molar-refractivity contribution in [1.82, 2.24) is 0 Å². The zero-order chi connectivity index (χ0) is 15.0. The summed E-state index contributed by atoms with van der Waals surface area (Å²) in [6.07, 6.45) is 6.19. The summed E-state index contributed by atoms with van der Waals surface area (Å²) in [4.78, 5) is 12.4. The molecule has 0 unspecified atom stereocenters. The Balaban J connectivity index is 1.75. The van der Waals surface area contributed by atoms with Crippen LogP contribution in [0.1, 0.15) is 57.1 Å². The largest absolute Gasteiger partial charge is 0.492 e. The van der Waals surface area contributed by atoms with Crippen LogP contribution in [0.3, 0.4) is 0 Å². The summed E-state index contributed by atoms with van der Waals surface area (Å²) in [5.74, 6) is 0.590. The number of ketones is 1. The first-order valence-electron chi connectivity index (χ1n) is 7.99. The molecular formula is C17H23BO3. The van der Waals surface area contributed by atoms with Crippen molar-refractivity contribution in [2.75, 3.05) is 0 Å². The molecule has 1 heterocycles. The van der Waals surface area contributed by atoms with E-state index >= 15 is 0 Å². The molecule has 21 heavy (non-hydrogen) atoms. The van der Waals surface area contributed by atoms with Gasteiger partial charge in [-0.25, -0.2) is 0 Å². The lowest BCUT2D eigenvalue weighted by atomic mass is 9.76. The molecule has 0 spiro atoms. The van der Waals surface area contributed by atoms with E-state index in [4.69, 9.17) is 4.65 Å². The van der Waals surface area contributed by atoms with E-state index in [-0.39, 0.29) is 5.92 Å². The van der Waals surface area contributed by atoms with E-state index in [2.05, 4.69) is 0 Å². The maximum absolute atomic E-state index is 12.4. The summed E-state index contributed by atoms with van der Waals surface area (Å²) < 4.78 is 5.57. The smallest absolute Gasteiger partial charge is 0.423 e. The van der Waals surface area contributed by atoms with Crippen molar-refractivity contribution in [2.45, 2.75) is 58.0 Å². The first kappa shape index (κ1) is 14.8. The van der Waals surface area contributed by atoms with E-state index in [1.165, 1.54) is 19.3 Å². The second-order valence-electron chi connectivity index (χ2n) is 6.88. The second kappa shape index (κ2) is 5.58. The quantitative estimate of drug-likeness (QED) is 0.867. The highest BCUT2D eigenvalue weighted by Crippen LogP contribution is 2.30. The number of Topliss-reactive ketones (excluding diaryl/α,β-unsaturated/α-hetero) is 1. The van der Waals surface area contributed by atoms with E-state index in [1.54, 1.807) is 0 Å². The van der Waals surface area contributed by atoms with Gasteiger partial charge in [0.2, 0.25) is 0 Å². The maximum atomic E-state index is 12.4. The zero-order valence-corrected chi connectivity index (χ0v) is 12.9. The number of hydrogen-bond donors (Lipinski definition) is 1. The number of fused-ring (bicyclic) bond motifs is 1. The molecule has 0 amide bonds. The topological polar surface area (TPSA) is 46.5 Å². The van der Waals surface area contributed by atoms with Gasteiger partial charge in [0.05, 0.1) is 5.60 Å². The number of carbonyl (C=O) groups excluding carboxylic acids is 1. The molecule has 112 valence electrons. The second-order valence-corrected chi connectivity index (χ2v) is 6.88. The molecule has 0 radical (unpaired) electrons. The van der Waals surface area contributed by atoms with Crippen molar-refractivity contribution in [3.63, 3.8) is 0 Å². The number of benzene rings is 1. The predicted molar refractivity (Wildman–Crippen MR) is 83.4 cm³/mol. The lowest BCUT2D eigenvalue weighted by Crippen LogP contribution is -2.29. The summed E-state index contributed by atoms with van der Waals surface area (Å²) in [7, 11) is -0.875. The Bertz CT molecular complexity index is 547. The third-order valence-corrected chi connectivity index (χ3v) is 4.88. The van der Waals surface area contributed by atoms with Crippen LogP contribution in [-0.2, 0) is 21.5 Å². The minimum atomic E-state index is -0.875. The van der Waals surface area contributed by atoms with Gasteiger partial charge in [0.15, 0.2) is 0 Å². The molecule has 3 rings (SSSR count). The van der Waals surface area contributed by atoms with E-state index in [1.807, 2.05) is 32.0 Å². The van der Waals surface area contributed by atoms with Crippen LogP contribution in [0.25, 0.3) is 0 Å². The van der Waals surface area contributed by atoms with Gasteiger partial charge in [-0.05, 0) is 43.3 Å². The lowest BCUT2D eigenvalue weighted by molar-refractivity contribution is -0.123. The number of carbonyl (C=O) groups is 1. The van der Waals surface area contributed by atoms with Crippen molar-refractivity contribution < 1.29 is 14.5 Å². The molecule has 0 bridgehead atoms. The van der Waals surface area contributed by atoms with Crippen molar-refractivity contribution in [3.8, 4) is 0 Å². The summed E-state index contributed by atoms with van der Waals surface area (Å²) in [5, 5.41) is 10.0. The third-order valence-electron chi connectivity index (χ3n) is 4.88. The molecule has 0 saturated heterocycles. The Morgan fingerprint density at radius 3 is 2.76 bits per heavy atom. The lowest BCUT2D eigenvalue weighted by Gasteiger charge is -2.21. The zero-order valence-electron chi connectivity index (χ0n) is 12.9. The minimum Gasteiger partial charge on any atom is -0.423 e. The van der Waals surface area contributed by atoms with Crippen LogP contribution in [0.5, 0.6) is 0 Å². The number of hydrogen-bond acceptors (Lipinski definition) is 3. The molecule has 0 aromatic heterocycles. The van der Waals surface area contributed by atoms with Crippen molar-refractivity contribution in [1.29, 1.82) is 0 Å². The fraction of sp³-hybridized carbons (Fsp3) is 0.588. The van der Waals surface area contributed by atoms with Crippen LogP contribution in [-0.4, -0.2) is 17.9 Å². The molecule has 4 heteroatoms. The van der Waals surface area contributed by atoms with E-state index in [9.17, 15) is 9.82 Å². The summed E-state index contributed by atoms with van der Waals surface area (Å²) in [6, 6.07) is 5.94. The van der Waals surface area contributed by atoms with Gasteiger partial charge in [-0.1, -0.05) is 37.5 Å². The van der Waals surface area contributed by atoms with Gasteiger partial charge in [0.25, 0.3) is 0 Å². The van der Waals surface area contributed by atoms with Gasteiger partial charge in [0, 0.05) is 12.3 Å². The molecule has 1 fully saturated rings. The Morgan fingerprint density at radius 1 is 1.33 bits per heavy atom. The molecule has 1 N–H and O–H groups in total. The van der Waals surface area contributed by atoms with Gasteiger partial charge in [-0.3, -0.25) is 4.79 Å². The Morgan fingerprint density at radius 2 is 2.05 bits per heavy atom. The van der Waals surface area contributed by atoms with Crippen molar-refractivity contribution >= 4 is 18.4 Å². The van der Waals surface area contributed by atoms with E-state index in [0.717, 1.165) is 29.4 Å². The average molecular weight is 286 g/mol. The maximum Gasteiger partial charge on any atom is 0.492 e. The fourth-order valence-electron chi connectivity index (χ4n) is 3.65. The van der Waals surface area contributed by atoms with Gasteiger partial charge >= 0.3 is 7.12 Å². The molecule has 1 aliphatic heterocycles. The number of rotatable bonds is 3. The Kier molecular flexibility index (Phi) is 3.93. The van der Waals surface area contributed by atoms with Crippen LogP contribution >= 0.6 is 0 Å². The van der Waals surface area contributed by atoms with Crippen molar-refractivity contribution in [2.24, 2.45) is 5.92 Å². The molecule has 1 aromatic rings. The fourth-order valence-corrected chi connectivity index (χ4v) is 3.65. The summed E-state index contributed by atoms with van der Waals surface area (Å²) in [6.45, 7) is 3.91. The molecule has 0 atom stereocenters. The minimum absolute atomic E-state index is 0.240. The molecule has 1 aromatic carbocycles. The average Bonchev–Trinajstić information content (AvgIpc) is 2.69. The first-order chi connectivity index (χ1) is 9.97. The van der Waals surface area contributed by atoms with Gasteiger partial charge in [-0.15, -0.1) is 0 Å². The van der Waals surface area contributed by atoms with Crippen LogP contribution in [0, 0.1) is 5.92 Å². The highest BCUT2D eigenvalue weighted by Gasteiger charge is 2.40. The Labute approximate surface area is 126 Å². The van der Waals surface area contributed by atoms with Gasteiger partial charge in [0.1, 0.15) is 5.78 Å². The third kappa shape index (κ3) is 2.92. The van der Waals surface area contributed by atoms with E-state index < -0.39 is 12.7 Å². The predicted octanol–water partition coefficient (Wildman–Crippen LogP) is 2.33. The van der Waals surface area contributed by atoms with Crippen LogP contribution in [0.4, 0.5) is 0 Å². The Hall–Kier alpha value is -1.13. The summed E-state index contributed by atoms with van der Waals surface area (Å²) >= 11 is 0. The van der Waals surface area contributed by atoms with Crippen LogP contribution < -0.4 is 5.46 Å². The first-order valence-corrected chi connectivity index (χ1v) is 7.99. The molecule has 1 aliphatic carbocycles. The van der Waals surface area contributed by atoms with Gasteiger partial charge in [-0.2, -0.15) is 0 Å². The molecule has 3 nitrogen and oxygen atoms in total. The molecule has 2 aliphatic rings. The monoisotopic (exact) mass is 286 g/mol. The highest BCUT2D eigenvalue weighted by atomic mass is 16.5. The van der Waals surface area contributed by atoms with Crippen molar-refractivity contribution in [3.05, 3.63) is 29.3 Å². The molecule has 1 saturated carbocycles. The normalized spacial score (nSPS) is 21.4. The molecular weight excluding hydrogens is 263 g/mol. The SMILES string of the molecule is CC1(C)OB(O)c2cc(CC(=O)C3CCCCC3)ccc21. The standard InChI is InChI=1S/C17H23BO3/c1-17(2)14-9-8-12(10-15(14)18(20)21-17)11-16(19)13-6-4-3-5-7-13/h8-10,13,20H,3-7,11H2,1-2H3. The highest BCUT2D eigenvalue weighted by molar-refractivity contribution is 6.62. The van der Waals surface area contributed by atoms with E-state index in [0.29, 0.717) is 12.2 Å². The van der Waals surface area contributed by atoms with Crippen LogP contribution in [0.2, 0.25) is 0 Å². The summed E-state index contributed by atoms with van der Waals surface area (Å²) in [5.41, 5.74) is 2.36.